The molecule has 0 spiro atoms. The van der Waals surface area contributed by atoms with Crippen LogP contribution >= 0.6 is 0 Å². The predicted octanol–water partition coefficient (Wildman–Crippen LogP) is 0.349. The van der Waals surface area contributed by atoms with Crippen LogP contribution in [0.15, 0.2) is 30.3 Å². The lowest BCUT2D eigenvalue weighted by Gasteiger charge is -2.24. The van der Waals surface area contributed by atoms with Gasteiger partial charge in [0.2, 0.25) is 5.91 Å². The Labute approximate surface area is 139 Å². The Morgan fingerprint density at radius 1 is 1.29 bits per heavy atom. The molecule has 2 amide bonds. The van der Waals surface area contributed by atoms with Crippen molar-refractivity contribution in [3.05, 3.63) is 35.9 Å². The van der Waals surface area contributed by atoms with Crippen molar-refractivity contribution >= 4 is 18.0 Å². The number of ether oxygens (including phenoxy) is 1. The lowest BCUT2D eigenvalue weighted by Crippen LogP contribution is -2.52. The van der Waals surface area contributed by atoms with Crippen molar-refractivity contribution < 1.29 is 29.3 Å². The number of rotatable bonds is 6. The van der Waals surface area contributed by atoms with E-state index in [0.717, 1.165) is 5.56 Å². The first kappa shape index (κ1) is 17.7. The number of carboxylic acid groups (broad SMARTS) is 1. The first-order valence-electron chi connectivity index (χ1n) is 7.64. The fourth-order valence-electron chi connectivity index (χ4n) is 2.51. The molecule has 0 aromatic heterocycles. The number of aliphatic hydroxyl groups is 1. The molecule has 1 heterocycles. The second-order valence-corrected chi connectivity index (χ2v) is 5.47. The van der Waals surface area contributed by atoms with E-state index in [0.29, 0.717) is 19.4 Å². The Balaban J connectivity index is 1.92. The van der Waals surface area contributed by atoms with Gasteiger partial charge in [0, 0.05) is 6.54 Å². The molecule has 3 N–H and O–H groups in total. The summed E-state index contributed by atoms with van der Waals surface area (Å²) in [6, 6.07) is 6.97. The number of nitrogens with zero attached hydrogens (tertiary/aromatic N) is 1. The van der Waals surface area contributed by atoms with Crippen LogP contribution in [-0.4, -0.2) is 58.3 Å². The number of carbonyl (C=O) groups is 3. The zero-order valence-corrected chi connectivity index (χ0v) is 13.1. The second kappa shape index (κ2) is 8.30. The number of carboxylic acids is 1. The number of likely N-dealkylation sites (tertiary alicyclic amines) is 1. The molecular weight excluding hydrogens is 316 g/mol. The summed E-state index contributed by atoms with van der Waals surface area (Å²) in [4.78, 5) is 36.5. The molecule has 2 unspecified atom stereocenters. The van der Waals surface area contributed by atoms with E-state index < -0.39 is 36.7 Å². The number of aliphatic hydroxyl groups excluding tert-OH is 1. The molecule has 0 bridgehead atoms. The van der Waals surface area contributed by atoms with E-state index >= 15 is 0 Å². The number of benzene rings is 1. The number of carbonyl (C=O) groups excluding carboxylic acids is 2. The molecule has 1 aromatic carbocycles. The lowest BCUT2D eigenvalue weighted by atomic mass is 10.2. The number of hydrogen-bond donors (Lipinski definition) is 3. The number of nitrogens with one attached hydrogen (secondary N) is 1. The average Bonchev–Trinajstić information content (AvgIpc) is 3.08. The topological polar surface area (TPSA) is 116 Å². The third-order valence-electron chi connectivity index (χ3n) is 3.79. The summed E-state index contributed by atoms with van der Waals surface area (Å²) in [5.74, 6) is -1.94. The molecule has 2 rings (SSSR count). The van der Waals surface area contributed by atoms with E-state index in [-0.39, 0.29) is 6.61 Å². The largest absolute Gasteiger partial charge is 0.480 e. The molecule has 0 radical (unpaired) electrons. The highest BCUT2D eigenvalue weighted by atomic mass is 16.6. The Bertz CT molecular complexity index is 591. The summed E-state index contributed by atoms with van der Waals surface area (Å²) in [6.07, 6.45) is 0.423. The molecule has 1 aliphatic rings. The van der Waals surface area contributed by atoms with Gasteiger partial charge < -0.3 is 20.3 Å². The summed E-state index contributed by atoms with van der Waals surface area (Å²) in [7, 11) is 0. The molecule has 1 saturated heterocycles. The third-order valence-corrected chi connectivity index (χ3v) is 3.79. The second-order valence-electron chi connectivity index (χ2n) is 5.47. The van der Waals surface area contributed by atoms with Crippen molar-refractivity contribution in [1.82, 2.24) is 10.2 Å². The van der Waals surface area contributed by atoms with Crippen molar-refractivity contribution in [1.29, 1.82) is 0 Å². The van der Waals surface area contributed by atoms with Crippen LogP contribution in [0.3, 0.4) is 0 Å². The lowest BCUT2D eigenvalue weighted by molar-refractivity contribution is -0.143. The molecule has 2 atom stereocenters. The maximum absolute atomic E-state index is 12.2. The summed E-state index contributed by atoms with van der Waals surface area (Å²) in [5, 5.41) is 20.1. The smallest absolute Gasteiger partial charge is 0.410 e. The average molecular weight is 336 g/mol. The third kappa shape index (κ3) is 4.45. The fraction of sp³-hybridized carbons (Fsp3) is 0.438. The summed E-state index contributed by atoms with van der Waals surface area (Å²) in [6.45, 7) is -0.256. The Morgan fingerprint density at radius 3 is 2.62 bits per heavy atom. The van der Waals surface area contributed by atoms with Gasteiger partial charge in [-0.15, -0.1) is 0 Å². The molecule has 8 nitrogen and oxygen atoms in total. The fourth-order valence-corrected chi connectivity index (χ4v) is 2.51. The summed E-state index contributed by atoms with van der Waals surface area (Å²) < 4.78 is 5.21. The minimum absolute atomic E-state index is 0.0961. The normalized spacial score (nSPS) is 18.0. The van der Waals surface area contributed by atoms with Crippen LogP contribution in [0.5, 0.6) is 0 Å². The molecular formula is C16H20N2O6. The molecule has 1 aromatic rings. The SMILES string of the molecule is O=C(O)C(CO)NC(=O)C1CCCN1C(=O)OCc1ccccc1. The number of hydrogen-bond acceptors (Lipinski definition) is 5. The molecule has 1 aliphatic heterocycles. The van der Waals surface area contributed by atoms with Gasteiger partial charge in [-0.2, -0.15) is 0 Å². The minimum atomic E-state index is -1.39. The molecule has 130 valence electrons. The van der Waals surface area contributed by atoms with Gasteiger partial charge >= 0.3 is 12.1 Å². The zero-order valence-electron chi connectivity index (χ0n) is 13.1. The summed E-state index contributed by atoms with van der Waals surface area (Å²) in [5.41, 5.74) is 0.831. The quantitative estimate of drug-likeness (QED) is 0.690. The highest BCUT2D eigenvalue weighted by Gasteiger charge is 2.36. The molecule has 0 aliphatic carbocycles. The van der Waals surface area contributed by atoms with Crippen molar-refractivity contribution in [3.8, 4) is 0 Å². The van der Waals surface area contributed by atoms with Crippen molar-refractivity contribution in [2.75, 3.05) is 13.2 Å². The first-order valence-corrected chi connectivity index (χ1v) is 7.64. The van der Waals surface area contributed by atoms with Crippen LogP contribution in [0, 0.1) is 0 Å². The molecule has 24 heavy (non-hydrogen) atoms. The molecule has 8 heteroatoms. The van der Waals surface area contributed by atoms with Gasteiger partial charge in [0.1, 0.15) is 18.7 Å². The van der Waals surface area contributed by atoms with E-state index in [1.165, 1.54) is 4.90 Å². The van der Waals surface area contributed by atoms with Gasteiger partial charge in [0.25, 0.3) is 0 Å². The van der Waals surface area contributed by atoms with E-state index in [1.807, 2.05) is 30.3 Å². The van der Waals surface area contributed by atoms with Gasteiger partial charge in [0.15, 0.2) is 0 Å². The van der Waals surface area contributed by atoms with Crippen LogP contribution in [0.1, 0.15) is 18.4 Å². The standard InChI is InChI=1S/C16H20N2O6/c19-9-12(15(21)22)17-14(20)13-7-4-8-18(13)16(23)24-10-11-5-2-1-3-6-11/h1-3,5-6,12-13,19H,4,7-10H2,(H,17,20)(H,21,22). The Morgan fingerprint density at radius 2 is 2.00 bits per heavy atom. The van der Waals surface area contributed by atoms with E-state index in [2.05, 4.69) is 5.32 Å². The van der Waals surface area contributed by atoms with Gasteiger partial charge in [-0.25, -0.2) is 9.59 Å². The highest BCUT2D eigenvalue weighted by molar-refractivity contribution is 5.89. The Hall–Kier alpha value is -2.61. The minimum Gasteiger partial charge on any atom is -0.480 e. The van der Waals surface area contributed by atoms with Crippen LogP contribution in [0.4, 0.5) is 4.79 Å². The van der Waals surface area contributed by atoms with Crippen LogP contribution in [0.2, 0.25) is 0 Å². The highest BCUT2D eigenvalue weighted by Crippen LogP contribution is 2.19. The van der Waals surface area contributed by atoms with Gasteiger partial charge in [0.05, 0.1) is 6.61 Å². The predicted molar refractivity (Wildman–Crippen MR) is 83.0 cm³/mol. The van der Waals surface area contributed by atoms with Crippen LogP contribution in [-0.2, 0) is 20.9 Å². The number of aliphatic carboxylic acids is 1. The maximum Gasteiger partial charge on any atom is 0.410 e. The molecule has 1 fully saturated rings. The number of amides is 2. The van der Waals surface area contributed by atoms with Gasteiger partial charge in [-0.3, -0.25) is 9.69 Å². The van der Waals surface area contributed by atoms with Crippen molar-refractivity contribution in [2.24, 2.45) is 0 Å². The van der Waals surface area contributed by atoms with Crippen molar-refractivity contribution in [3.63, 3.8) is 0 Å². The van der Waals surface area contributed by atoms with E-state index in [9.17, 15) is 14.4 Å². The van der Waals surface area contributed by atoms with Crippen molar-refractivity contribution in [2.45, 2.75) is 31.5 Å². The van der Waals surface area contributed by atoms with Gasteiger partial charge in [-0.05, 0) is 18.4 Å². The summed E-state index contributed by atoms with van der Waals surface area (Å²) >= 11 is 0. The van der Waals surface area contributed by atoms with Gasteiger partial charge in [-0.1, -0.05) is 30.3 Å². The first-order chi connectivity index (χ1) is 11.5. The zero-order chi connectivity index (χ0) is 17.5. The maximum atomic E-state index is 12.2. The monoisotopic (exact) mass is 336 g/mol. The van der Waals surface area contributed by atoms with E-state index in [4.69, 9.17) is 14.9 Å². The molecule has 0 saturated carbocycles. The van der Waals surface area contributed by atoms with Crippen LogP contribution in [0.25, 0.3) is 0 Å². The van der Waals surface area contributed by atoms with Crippen LogP contribution < -0.4 is 5.32 Å². The van der Waals surface area contributed by atoms with E-state index in [1.54, 1.807) is 0 Å². The Kier molecular flexibility index (Phi) is 6.14.